The number of likely N-dealkylation sites (tertiary alicyclic amines) is 1. The van der Waals surface area contributed by atoms with Gasteiger partial charge in [-0.25, -0.2) is 9.97 Å². The Morgan fingerprint density at radius 2 is 1.76 bits per heavy atom. The smallest absolute Gasteiger partial charge is 0.253 e. The number of aryl methyl sites for hydroxylation is 2. The zero-order valence-corrected chi connectivity index (χ0v) is 19.7. The summed E-state index contributed by atoms with van der Waals surface area (Å²) in [6, 6.07) is 19.3. The molecule has 1 unspecified atom stereocenters. The van der Waals surface area contributed by atoms with E-state index in [-0.39, 0.29) is 17.6 Å². The molecule has 0 radical (unpaired) electrons. The number of para-hydroxylation sites is 1. The first kappa shape index (κ1) is 22.3. The molecule has 1 amide bonds. The normalized spacial score (nSPS) is 19.2. The van der Waals surface area contributed by atoms with Crippen molar-refractivity contribution in [3.05, 3.63) is 77.6 Å². The summed E-state index contributed by atoms with van der Waals surface area (Å²) in [5, 5.41) is 3.22. The van der Waals surface area contributed by atoms with Gasteiger partial charge in [0.2, 0.25) is 5.95 Å². The number of hydrogen-bond donors (Lipinski definition) is 1. The maximum absolute atomic E-state index is 13.2. The Labute approximate surface area is 200 Å². The van der Waals surface area contributed by atoms with Crippen molar-refractivity contribution in [3.8, 4) is 5.75 Å². The highest BCUT2D eigenvalue weighted by molar-refractivity contribution is 5.95. The largest absolute Gasteiger partial charge is 0.488 e. The van der Waals surface area contributed by atoms with Crippen molar-refractivity contribution >= 4 is 17.5 Å². The van der Waals surface area contributed by atoms with E-state index in [0.717, 1.165) is 42.1 Å². The molecule has 0 bridgehead atoms. The maximum Gasteiger partial charge on any atom is 0.253 e. The first-order chi connectivity index (χ1) is 16.5. The van der Waals surface area contributed by atoms with Crippen LogP contribution in [0.2, 0.25) is 0 Å². The number of aromatic nitrogens is 2. The van der Waals surface area contributed by atoms with E-state index >= 15 is 0 Å². The second-order valence-corrected chi connectivity index (χ2v) is 9.22. The first-order valence-corrected chi connectivity index (χ1v) is 11.8. The van der Waals surface area contributed by atoms with Gasteiger partial charge in [0.25, 0.3) is 5.91 Å². The molecule has 1 atom stereocenters. The lowest BCUT2D eigenvalue weighted by atomic mass is 9.87. The average Bonchev–Trinajstić information content (AvgIpc) is 3.21. The molecule has 176 valence electrons. The predicted molar refractivity (Wildman–Crippen MR) is 131 cm³/mol. The second-order valence-electron chi connectivity index (χ2n) is 9.22. The van der Waals surface area contributed by atoms with E-state index in [2.05, 4.69) is 15.3 Å². The second kappa shape index (κ2) is 9.43. The van der Waals surface area contributed by atoms with Crippen LogP contribution in [0.3, 0.4) is 0 Å². The van der Waals surface area contributed by atoms with Crippen molar-refractivity contribution in [3.63, 3.8) is 0 Å². The summed E-state index contributed by atoms with van der Waals surface area (Å²) in [5.41, 5.74) is 3.05. The lowest BCUT2D eigenvalue weighted by Gasteiger charge is -2.38. The van der Waals surface area contributed by atoms with Crippen LogP contribution in [0.5, 0.6) is 5.75 Å². The van der Waals surface area contributed by atoms with Crippen LogP contribution in [0.25, 0.3) is 0 Å². The Morgan fingerprint density at radius 1 is 1.03 bits per heavy atom. The van der Waals surface area contributed by atoms with Gasteiger partial charge in [-0.3, -0.25) is 4.79 Å². The zero-order chi connectivity index (χ0) is 23.5. The standard InChI is InChI=1S/C27H30N4O3/c1-19-15-20(2)29-26(28-19)30-22-8-6-7-21(16-22)25(32)31-13-11-27(12-14-31)17-24(18-33-27)34-23-9-4-3-5-10-23/h3-10,15-16,24H,11-14,17-18H2,1-2H3,(H,28,29,30). The maximum atomic E-state index is 13.2. The minimum absolute atomic E-state index is 0.0370. The number of rotatable bonds is 5. The number of amides is 1. The van der Waals surface area contributed by atoms with Crippen LogP contribution in [0.1, 0.15) is 41.0 Å². The van der Waals surface area contributed by atoms with E-state index in [1.807, 2.05) is 79.4 Å². The van der Waals surface area contributed by atoms with Crippen LogP contribution in [0.4, 0.5) is 11.6 Å². The Bertz CT molecular complexity index is 1140. The number of anilines is 2. The molecule has 2 saturated heterocycles. The Morgan fingerprint density at radius 3 is 2.50 bits per heavy atom. The van der Waals surface area contributed by atoms with Crippen LogP contribution in [-0.4, -0.2) is 52.2 Å². The lowest BCUT2D eigenvalue weighted by Crippen LogP contribution is -2.46. The van der Waals surface area contributed by atoms with Gasteiger partial charge in [0, 0.05) is 42.1 Å². The molecule has 2 aliphatic rings. The van der Waals surface area contributed by atoms with Gasteiger partial charge >= 0.3 is 0 Å². The summed E-state index contributed by atoms with van der Waals surface area (Å²) >= 11 is 0. The molecule has 2 fully saturated rings. The summed E-state index contributed by atoms with van der Waals surface area (Å²) in [7, 11) is 0. The van der Waals surface area contributed by atoms with Gasteiger partial charge in [-0.05, 0) is 63.1 Å². The molecule has 1 spiro atoms. The summed E-state index contributed by atoms with van der Waals surface area (Å²) in [6.07, 6.45) is 2.56. The van der Waals surface area contributed by atoms with Crippen molar-refractivity contribution < 1.29 is 14.3 Å². The van der Waals surface area contributed by atoms with Gasteiger partial charge in [0.1, 0.15) is 11.9 Å². The zero-order valence-electron chi connectivity index (χ0n) is 19.7. The van der Waals surface area contributed by atoms with Crippen molar-refractivity contribution in [2.45, 2.75) is 44.8 Å². The van der Waals surface area contributed by atoms with E-state index < -0.39 is 0 Å². The minimum Gasteiger partial charge on any atom is -0.488 e. The van der Waals surface area contributed by atoms with Crippen molar-refractivity contribution in [1.29, 1.82) is 0 Å². The molecular weight excluding hydrogens is 428 g/mol. The highest BCUT2D eigenvalue weighted by atomic mass is 16.6. The number of nitrogens with zero attached hydrogens (tertiary/aromatic N) is 3. The topological polar surface area (TPSA) is 76.6 Å². The summed E-state index contributed by atoms with van der Waals surface area (Å²) in [4.78, 5) is 24.0. The number of nitrogens with one attached hydrogen (secondary N) is 1. The van der Waals surface area contributed by atoms with Crippen LogP contribution < -0.4 is 10.1 Å². The third-order valence-corrected chi connectivity index (χ3v) is 6.53. The Kier molecular flexibility index (Phi) is 6.20. The quantitative estimate of drug-likeness (QED) is 0.598. The van der Waals surface area contributed by atoms with Gasteiger partial charge < -0.3 is 19.7 Å². The van der Waals surface area contributed by atoms with Gasteiger partial charge in [-0.1, -0.05) is 24.3 Å². The molecule has 3 heterocycles. The average molecular weight is 459 g/mol. The first-order valence-electron chi connectivity index (χ1n) is 11.8. The van der Waals surface area contributed by atoms with E-state index in [1.54, 1.807) is 0 Å². The monoisotopic (exact) mass is 458 g/mol. The number of benzene rings is 2. The molecular formula is C27H30N4O3. The molecule has 0 aliphatic carbocycles. The Balaban J connectivity index is 1.19. The SMILES string of the molecule is Cc1cc(C)nc(Nc2cccc(C(=O)N3CCC4(CC3)CC(Oc3ccccc3)CO4)c2)n1. The molecule has 7 nitrogen and oxygen atoms in total. The molecule has 2 aliphatic heterocycles. The summed E-state index contributed by atoms with van der Waals surface area (Å²) < 4.78 is 12.3. The highest BCUT2D eigenvalue weighted by Gasteiger charge is 2.44. The van der Waals surface area contributed by atoms with E-state index in [1.165, 1.54) is 0 Å². The fourth-order valence-corrected chi connectivity index (χ4v) is 4.86. The van der Waals surface area contributed by atoms with Gasteiger partial charge in [0.15, 0.2) is 0 Å². The predicted octanol–water partition coefficient (Wildman–Crippen LogP) is 4.68. The van der Waals surface area contributed by atoms with Crippen LogP contribution in [0.15, 0.2) is 60.7 Å². The molecule has 3 aromatic rings. The van der Waals surface area contributed by atoms with Gasteiger partial charge in [-0.15, -0.1) is 0 Å². The fourth-order valence-electron chi connectivity index (χ4n) is 4.86. The number of hydrogen-bond acceptors (Lipinski definition) is 6. The number of ether oxygens (including phenoxy) is 2. The fraction of sp³-hybridized carbons (Fsp3) is 0.370. The molecule has 1 N–H and O–H groups in total. The summed E-state index contributed by atoms with van der Waals surface area (Å²) in [5.74, 6) is 1.45. The molecule has 34 heavy (non-hydrogen) atoms. The third-order valence-electron chi connectivity index (χ3n) is 6.53. The molecule has 0 saturated carbocycles. The van der Waals surface area contributed by atoms with Crippen LogP contribution in [0, 0.1) is 13.8 Å². The van der Waals surface area contributed by atoms with E-state index in [4.69, 9.17) is 9.47 Å². The van der Waals surface area contributed by atoms with Crippen LogP contribution >= 0.6 is 0 Å². The molecule has 7 heteroatoms. The lowest BCUT2D eigenvalue weighted by molar-refractivity contribution is -0.0395. The summed E-state index contributed by atoms with van der Waals surface area (Å²) in [6.45, 7) is 5.82. The Hall–Kier alpha value is -3.45. The molecule has 2 aromatic carbocycles. The third kappa shape index (κ3) is 5.04. The van der Waals surface area contributed by atoms with E-state index in [9.17, 15) is 4.79 Å². The molecule has 5 rings (SSSR count). The number of piperidine rings is 1. The number of carbonyl (C=O) groups excluding carboxylic acids is 1. The highest BCUT2D eigenvalue weighted by Crippen LogP contribution is 2.37. The number of carbonyl (C=O) groups is 1. The van der Waals surface area contributed by atoms with Crippen molar-refractivity contribution in [2.75, 3.05) is 25.0 Å². The van der Waals surface area contributed by atoms with Crippen LogP contribution in [-0.2, 0) is 4.74 Å². The minimum atomic E-state index is -0.194. The molecule has 1 aromatic heterocycles. The van der Waals surface area contributed by atoms with Crippen molar-refractivity contribution in [2.24, 2.45) is 0 Å². The van der Waals surface area contributed by atoms with Gasteiger partial charge in [0.05, 0.1) is 12.2 Å². The van der Waals surface area contributed by atoms with Gasteiger partial charge in [-0.2, -0.15) is 0 Å². The van der Waals surface area contributed by atoms with E-state index in [0.29, 0.717) is 31.2 Å². The van der Waals surface area contributed by atoms with Crippen molar-refractivity contribution in [1.82, 2.24) is 14.9 Å².